The van der Waals surface area contributed by atoms with Crippen LogP contribution in [0.1, 0.15) is 0 Å². The molecule has 0 bridgehead atoms. The molecule has 1 aromatic heterocycles. The van der Waals surface area contributed by atoms with Gasteiger partial charge in [0, 0.05) is 15.7 Å². The molecule has 0 amide bonds. The summed E-state index contributed by atoms with van der Waals surface area (Å²) in [5.41, 5.74) is 0.526. The third-order valence-electron chi connectivity index (χ3n) is 3.19. The molecule has 3 aromatic rings. The Morgan fingerprint density at radius 3 is 2.67 bits per heavy atom. The number of pyridine rings is 1. The molecule has 0 aliphatic rings. The topological polar surface area (TPSA) is 13.1 Å². The number of ether oxygens (including phenoxy) is 1. The van der Waals surface area contributed by atoms with E-state index < -0.39 is 0 Å². The SMILES string of the molecule is COc1cccc2cc[n+](-c3ccc(I)cc3F)cc12.[Br-]. The summed E-state index contributed by atoms with van der Waals surface area (Å²) in [7, 11) is 1.64. The van der Waals surface area contributed by atoms with Crippen molar-refractivity contribution < 1.29 is 30.7 Å². The van der Waals surface area contributed by atoms with E-state index >= 15 is 0 Å². The van der Waals surface area contributed by atoms with Crippen molar-refractivity contribution in [1.82, 2.24) is 0 Å². The van der Waals surface area contributed by atoms with Gasteiger partial charge in [-0.2, -0.15) is 8.96 Å². The Bertz CT molecular complexity index is 794. The molecule has 0 spiro atoms. The van der Waals surface area contributed by atoms with Crippen LogP contribution in [0.2, 0.25) is 0 Å². The molecule has 0 unspecified atom stereocenters. The van der Waals surface area contributed by atoms with Crippen LogP contribution in [0.5, 0.6) is 5.75 Å². The highest BCUT2D eigenvalue weighted by atomic mass is 127. The quantitative estimate of drug-likeness (QED) is 0.409. The lowest BCUT2D eigenvalue weighted by Crippen LogP contribution is -3.00. The molecule has 3 rings (SSSR count). The van der Waals surface area contributed by atoms with E-state index in [0.29, 0.717) is 5.69 Å². The Labute approximate surface area is 146 Å². The smallest absolute Gasteiger partial charge is 0.246 e. The summed E-state index contributed by atoms with van der Waals surface area (Å²) in [6, 6.07) is 13.0. The van der Waals surface area contributed by atoms with Gasteiger partial charge >= 0.3 is 0 Å². The second-order valence-corrected chi connectivity index (χ2v) is 5.66. The minimum absolute atomic E-state index is 0. The molecule has 5 heteroatoms. The van der Waals surface area contributed by atoms with E-state index in [1.54, 1.807) is 17.7 Å². The zero-order valence-corrected chi connectivity index (χ0v) is 14.9. The Morgan fingerprint density at radius 2 is 1.95 bits per heavy atom. The fraction of sp³-hybridized carbons (Fsp3) is 0.0625. The summed E-state index contributed by atoms with van der Waals surface area (Å²) in [6.07, 6.45) is 3.74. The number of rotatable bonds is 2. The molecule has 0 aliphatic carbocycles. The molecule has 0 saturated carbocycles. The van der Waals surface area contributed by atoms with Gasteiger partial charge in [0.1, 0.15) is 5.75 Å². The summed E-state index contributed by atoms with van der Waals surface area (Å²) < 4.78 is 22.1. The standard InChI is InChI=1S/C16H12FINO.BrH/c1-20-16-4-2-3-11-7-8-19(10-13(11)16)15-6-5-12(18)9-14(15)17;/h2-10H,1H3;1H/q+1;/p-1. The maximum Gasteiger partial charge on any atom is 0.246 e. The predicted molar refractivity (Wildman–Crippen MR) is 84.7 cm³/mol. The number of benzene rings is 2. The molecular formula is C16H12BrFINO. The Balaban J connectivity index is 0.00000161. The largest absolute Gasteiger partial charge is 1.00 e. The molecule has 0 saturated heterocycles. The lowest BCUT2D eigenvalue weighted by atomic mass is 10.1. The van der Waals surface area contributed by atoms with Gasteiger partial charge in [-0.25, -0.2) is 0 Å². The summed E-state index contributed by atoms with van der Waals surface area (Å²) in [4.78, 5) is 0. The number of halogens is 3. The molecule has 0 fully saturated rings. The molecule has 2 nitrogen and oxygen atoms in total. The summed E-state index contributed by atoms with van der Waals surface area (Å²) in [5, 5.41) is 2.02. The van der Waals surface area contributed by atoms with Crippen molar-refractivity contribution in [1.29, 1.82) is 0 Å². The highest BCUT2D eigenvalue weighted by molar-refractivity contribution is 14.1. The maximum atomic E-state index is 14.1. The third-order valence-corrected chi connectivity index (χ3v) is 3.86. The van der Waals surface area contributed by atoms with E-state index in [1.807, 2.05) is 42.7 Å². The number of nitrogens with zero attached hydrogens (tertiary/aromatic N) is 1. The molecular weight excluding hydrogens is 448 g/mol. The van der Waals surface area contributed by atoms with Crippen LogP contribution in [0.4, 0.5) is 4.39 Å². The molecule has 108 valence electrons. The number of hydrogen-bond acceptors (Lipinski definition) is 1. The third kappa shape index (κ3) is 3.18. The molecule has 21 heavy (non-hydrogen) atoms. The van der Waals surface area contributed by atoms with Crippen LogP contribution in [0.15, 0.2) is 54.9 Å². The first-order valence-corrected chi connectivity index (χ1v) is 7.20. The average molecular weight is 460 g/mol. The second kappa shape index (κ2) is 6.70. The van der Waals surface area contributed by atoms with Crippen LogP contribution < -0.4 is 26.3 Å². The van der Waals surface area contributed by atoms with E-state index in [0.717, 1.165) is 20.1 Å². The first-order chi connectivity index (χ1) is 9.69. The minimum Gasteiger partial charge on any atom is -1.00 e. The van der Waals surface area contributed by atoms with Gasteiger partial charge in [0.05, 0.1) is 12.5 Å². The number of aromatic nitrogens is 1. The van der Waals surface area contributed by atoms with Gasteiger partial charge in [-0.3, -0.25) is 0 Å². The van der Waals surface area contributed by atoms with Crippen LogP contribution in [0, 0.1) is 9.39 Å². The highest BCUT2D eigenvalue weighted by Gasteiger charge is 2.15. The van der Waals surface area contributed by atoms with Gasteiger partial charge in [-0.1, -0.05) is 12.1 Å². The molecule has 2 aromatic carbocycles. The molecule has 1 heterocycles. The van der Waals surface area contributed by atoms with Crippen molar-refractivity contribution in [3.63, 3.8) is 0 Å². The second-order valence-electron chi connectivity index (χ2n) is 4.41. The van der Waals surface area contributed by atoms with Gasteiger partial charge < -0.3 is 21.7 Å². The first-order valence-electron chi connectivity index (χ1n) is 6.12. The van der Waals surface area contributed by atoms with Gasteiger partial charge in [-0.15, -0.1) is 0 Å². The van der Waals surface area contributed by atoms with Crippen molar-refractivity contribution in [2.75, 3.05) is 7.11 Å². The molecule has 0 atom stereocenters. The lowest BCUT2D eigenvalue weighted by Gasteiger charge is -2.04. The normalized spacial score (nSPS) is 10.2. The van der Waals surface area contributed by atoms with Crippen LogP contribution in [-0.4, -0.2) is 7.11 Å². The van der Waals surface area contributed by atoms with E-state index in [-0.39, 0.29) is 22.8 Å². The first kappa shape index (κ1) is 16.2. The zero-order valence-electron chi connectivity index (χ0n) is 11.2. The molecule has 0 N–H and O–H groups in total. The molecule has 0 aliphatic heterocycles. The van der Waals surface area contributed by atoms with Gasteiger partial charge in [0.25, 0.3) is 0 Å². The van der Waals surface area contributed by atoms with E-state index in [9.17, 15) is 4.39 Å². The minimum atomic E-state index is -0.240. The predicted octanol–water partition coefficient (Wildman–Crippen LogP) is 0.873. The fourth-order valence-corrected chi connectivity index (χ4v) is 2.66. The van der Waals surface area contributed by atoms with Gasteiger partial charge in [-0.05, 0) is 46.2 Å². The lowest BCUT2D eigenvalue weighted by molar-refractivity contribution is -0.596. The number of hydrogen-bond donors (Lipinski definition) is 0. The van der Waals surface area contributed by atoms with Crippen LogP contribution in [-0.2, 0) is 0 Å². The Hall–Kier alpha value is -1.21. The van der Waals surface area contributed by atoms with Crippen molar-refractivity contribution >= 4 is 33.4 Å². The number of methoxy groups -OCH3 is 1. The van der Waals surface area contributed by atoms with Crippen molar-refractivity contribution in [3.05, 3.63) is 64.2 Å². The fourth-order valence-electron chi connectivity index (χ4n) is 2.21. The maximum absolute atomic E-state index is 14.1. The molecule has 0 radical (unpaired) electrons. The van der Waals surface area contributed by atoms with Crippen LogP contribution in [0.3, 0.4) is 0 Å². The zero-order chi connectivity index (χ0) is 14.1. The number of fused-ring (bicyclic) bond motifs is 1. The van der Waals surface area contributed by atoms with Crippen LogP contribution in [0.25, 0.3) is 16.5 Å². The van der Waals surface area contributed by atoms with E-state index in [2.05, 4.69) is 22.6 Å². The van der Waals surface area contributed by atoms with Crippen molar-refractivity contribution in [3.8, 4) is 11.4 Å². The summed E-state index contributed by atoms with van der Waals surface area (Å²) in [6.45, 7) is 0. The average Bonchev–Trinajstić information content (AvgIpc) is 2.46. The highest BCUT2D eigenvalue weighted by Crippen LogP contribution is 2.24. The summed E-state index contributed by atoms with van der Waals surface area (Å²) >= 11 is 2.10. The van der Waals surface area contributed by atoms with E-state index in [4.69, 9.17) is 4.74 Å². The van der Waals surface area contributed by atoms with Gasteiger partial charge in [0.2, 0.25) is 5.69 Å². The van der Waals surface area contributed by atoms with Crippen molar-refractivity contribution in [2.24, 2.45) is 0 Å². The van der Waals surface area contributed by atoms with E-state index in [1.165, 1.54) is 6.07 Å². The van der Waals surface area contributed by atoms with Crippen LogP contribution >= 0.6 is 22.6 Å². The Kier molecular flexibility index (Phi) is 5.16. The monoisotopic (exact) mass is 459 g/mol. The Morgan fingerprint density at radius 1 is 1.14 bits per heavy atom. The van der Waals surface area contributed by atoms with Gasteiger partial charge in [0.15, 0.2) is 18.2 Å². The summed E-state index contributed by atoms with van der Waals surface area (Å²) in [5.74, 6) is 0.541. The van der Waals surface area contributed by atoms with Crippen molar-refractivity contribution in [2.45, 2.75) is 0 Å².